The van der Waals surface area contributed by atoms with Gasteiger partial charge >= 0.3 is 0 Å². The second kappa shape index (κ2) is 5.13. The molecule has 0 amide bonds. The standard InChI is InChI=1S/C12H20BrN3/c1-6-10-15-9(13)7-11(16-10)14-8(2)12(3,4)5/h7-8H,6H2,1-5H3,(H,14,15,16). The van der Waals surface area contributed by atoms with E-state index >= 15 is 0 Å². The van der Waals surface area contributed by atoms with Crippen molar-refractivity contribution in [2.24, 2.45) is 5.41 Å². The Kier molecular flexibility index (Phi) is 4.30. The van der Waals surface area contributed by atoms with E-state index in [9.17, 15) is 0 Å². The van der Waals surface area contributed by atoms with Crippen LogP contribution in [0.5, 0.6) is 0 Å². The van der Waals surface area contributed by atoms with E-state index in [1.54, 1.807) is 0 Å². The molecule has 1 aromatic heterocycles. The Morgan fingerprint density at radius 2 is 2.00 bits per heavy atom. The Morgan fingerprint density at radius 3 is 2.50 bits per heavy atom. The highest BCUT2D eigenvalue weighted by Gasteiger charge is 2.20. The molecule has 0 saturated heterocycles. The van der Waals surface area contributed by atoms with E-state index in [1.807, 2.05) is 6.07 Å². The number of rotatable bonds is 3. The van der Waals surface area contributed by atoms with Gasteiger partial charge in [0.05, 0.1) is 0 Å². The zero-order valence-corrected chi connectivity index (χ0v) is 12.2. The van der Waals surface area contributed by atoms with Crippen LogP contribution in [0.3, 0.4) is 0 Å². The lowest BCUT2D eigenvalue weighted by molar-refractivity contribution is 0.358. The first-order chi connectivity index (χ1) is 7.32. The third-order valence-corrected chi connectivity index (χ3v) is 3.13. The van der Waals surface area contributed by atoms with Crippen molar-refractivity contribution in [3.05, 3.63) is 16.5 Å². The van der Waals surface area contributed by atoms with E-state index in [4.69, 9.17) is 0 Å². The highest BCUT2D eigenvalue weighted by molar-refractivity contribution is 9.10. The molecule has 0 aromatic carbocycles. The molecule has 90 valence electrons. The summed E-state index contributed by atoms with van der Waals surface area (Å²) < 4.78 is 0.836. The normalized spacial score (nSPS) is 13.6. The van der Waals surface area contributed by atoms with Crippen LogP contribution in [-0.4, -0.2) is 16.0 Å². The van der Waals surface area contributed by atoms with Crippen molar-refractivity contribution in [1.82, 2.24) is 9.97 Å². The Bertz CT molecular complexity index is 358. The number of hydrogen-bond donors (Lipinski definition) is 1. The van der Waals surface area contributed by atoms with Crippen molar-refractivity contribution < 1.29 is 0 Å². The van der Waals surface area contributed by atoms with Gasteiger partial charge in [-0.1, -0.05) is 27.7 Å². The Hall–Kier alpha value is -0.640. The molecule has 0 aliphatic rings. The summed E-state index contributed by atoms with van der Waals surface area (Å²) in [6, 6.07) is 2.28. The lowest BCUT2D eigenvalue weighted by Crippen LogP contribution is -2.31. The molecule has 0 spiro atoms. The van der Waals surface area contributed by atoms with Gasteiger partial charge in [-0.15, -0.1) is 0 Å². The van der Waals surface area contributed by atoms with E-state index in [0.29, 0.717) is 6.04 Å². The highest BCUT2D eigenvalue weighted by atomic mass is 79.9. The maximum atomic E-state index is 4.45. The molecule has 1 heterocycles. The van der Waals surface area contributed by atoms with Crippen LogP contribution in [0.1, 0.15) is 40.4 Å². The van der Waals surface area contributed by atoms with Crippen molar-refractivity contribution >= 4 is 21.7 Å². The Labute approximate surface area is 106 Å². The van der Waals surface area contributed by atoms with E-state index in [-0.39, 0.29) is 5.41 Å². The van der Waals surface area contributed by atoms with Gasteiger partial charge in [0, 0.05) is 18.5 Å². The lowest BCUT2D eigenvalue weighted by atomic mass is 9.88. The molecule has 0 fully saturated rings. The summed E-state index contributed by atoms with van der Waals surface area (Å²) in [5.41, 5.74) is 0.212. The molecule has 0 saturated carbocycles. The molecule has 1 unspecified atom stereocenters. The highest BCUT2D eigenvalue weighted by Crippen LogP contribution is 2.23. The Balaban J connectivity index is 2.85. The van der Waals surface area contributed by atoms with Crippen LogP contribution < -0.4 is 5.32 Å². The van der Waals surface area contributed by atoms with E-state index in [0.717, 1.165) is 22.7 Å². The van der Waals surface area contributed by atoms with Crippen molar-refractivity contribution in [3.8, 4) is 0 Å². The van der Waals surface area contributed by atoms with Gasteiger partial charge in [0.25, 0.3) is 0 Å². The van der Waals surface area contributed by atoms with E-state index < -0.39 is 0 Å². The van der Waals surface area contributed by atoms with Crippen LogP contribution in [0.15, 0.2) is 10.7 Å². The average molecular weight is 286 g/mol. The second-order valence-corrected chi connectivity index (χ2v) is 5.89. The first-order valence-electron chi connectivity index (χ1n) is 5.63. The fourth-order valence-electron chi connectivity index (χ4n) is 1.14. The third-order valence-electron chi connectivity index (χ3n) is 2.72. The van der Waals surface area contributed by atoms with Crippen molar-refractivity contribution in [2.45, 2.75) is 47.1 Å². The van der Waals surface area contributed by atoms with Gasteiger partial charge < -0.3 is 5.32 Å². The van der Waals surface area contributed by atoms with Crippen LogP contribution in [0.2, 0.25) is 0 Å². The molecule has 16 heavy (non-hydrogen) atoms. The number of nitrogens with zero attached hydrogens (tertiary/aromatic N) is 2. The maximum absolute atomic E-state index is 4.45. The van der Waals surface area contributed by atoms with Gasteiger partial charge in [-0.3, -0.25) is 0 Å². The van der Waals surface area contributed by atoms with E-state index in [1.165, 1.54) is 0 Å². The number of halogens is 1. The van der Waals surface area contributed by atoms with Crippen LogP contribution in [0.25, 0.3) is 0 Å². The third kappa shape index (κ3) is 3.74. The summed E-state index contributed by atoms with van der Waals surface area (Å²) in [6.07, 6.45) is 0.845. The van der Waals surface area contributed by atoms with Crippen molar-refractivity contribution in [2.75, 3.05) is 5.32 Å². The summed E-state index contributed by atoms with van der Waals surface area (Å²) in [6.45, 7) is 10.9. The largest absolute Gasteiger partial charge is 0.367 e. The zero-order valence-electron chi connectivity index (χ0n) is 10.6. The van der Waals surface area contributed by atoms with Gasteiger partial charge in [0.2, 0.25) is 0 Å². The van der Waals surface area contributed by atoms with Crippen LogP contribution in [-0.2, 0) is 6.42 Å². The van der Waals surface area contributed by atoms with E-state index in [2.05, 4.69) is 65.8 Å². The smallest absolute Gasteiger partial charge is 0.131 e. The summed E-state index contributed by atoms with van der Waals surface area (Å²) >= 11 is 3.40. The van der Waals surface area contributed by atoms with Crippen LogP contribution in [0, 0.1) is 5.41 Å². The predicted molar refractivity (Wildman–Crippen MR) is 71.6 cm³/mol. The molecule has 0 bridgehead atoms. The predicted octanol–water partition coefficient (Wildman–Crippen LogP) is 3.65. The molecular weight excluding hydrogens is 266 g/mol. The molecule has 0 radical (unpaired) electrons. The molecule has 0 aliphatic heterocycles. The SMILES string of the molecule is CCc1nc(Br)cc(NC(C)C(C)(C)C)n1. The first-order valence-corrected chi connectivity index (χ1v) is 6.42. The quantitative estimate of drug-likeness (QED) is 0.862. The second-order valence-electron chi connectivity index (χ2n) is 5.08. The summed E-state index contributed by atoms with van der Waals surface area (Å²) in [4.78, 5) is 8.74. The molecule has 0 aliphatic carbocycles. The summed E-state index contributed by atoms with van der Waals surface area (Å²) in [5.74, 6) is 1.75. The van der Waals surface area contributed by atoms with Gasteiger partial charge in [-0.25, -0.2) is 9.97 Å². The topological polar surface area (TPSA) is 37.8 Å². The zero-order chi connectivity index (χ0) is 12.3. The minimum atomic E-state index is 0.212. The fourth-order valence-corrected chi connectivity index (χ4v) is 1.56. The molecule has 1 atom stereocenters. The molecule has 1 N–H and O–H groups in total. The average Bonchev–Trinajstić information content (AvgIpc) is 2.15. The number of aryl methyl sites for hydroxylation is 1. The van der Waals surface area contributed by atoms with Gasteiger partial charge in [0.15, 0.2) is 0 Å². The number of aromatic nitrogens is 2. The minimum absolute atomic E-state index is 0.212. The maximum Gasteiger partial charge on any atom is 0.131 e. The summed E-state index contributed by atoms with van der Waals surface area (Å²) in [7, 11) is 0. The molecular formula is C12H20BrN3. The minimum Gasteiger partial charge on any atom is -0.367 e. The van der Waals surface area contributed by atoms with Gasteiger partial charge in [-0.2, -0.15) is 0 Å². The van der Waals surface area contributed by atoms with Crippen molar-refractivity contribution in [1.29, 1.82) is 0 Å². The number of nitrogens with one attached hydrogen (secondary N) is 1. The van der Waals surface area contributed by atoms with Gasteiger partial charge in [-0.05, 0) is 28.3 Å². The summed E-state index contributed by atoms with van der Waals surface area (Å²) in [5, 5.41) is 3.42. The first kappa shape index (κ1) is 13.4. The molecule has 1 rings (SSSR count). The fraction of sp³-hybridized carbons (Fsp3) is 0.667. The lowest BCUT2D eigenvalue weighted by Gasteiger charge is -2.28. The number of anilines is 1. The number of hydrogen-bond acceptors (Lipinski definition) is 3. The van der Waals surface area contributed by atoms with Crippen LogP contribution >= 0.6 is 15.9 Å². The molecule has 4 heteroatoms. The van der Waals surface area contributed by atoms with Crippen molar-refractivity contribution in [3.63, 3.8) is 0 Å². The molecule has 1 aromatic rings. The van der Waals surface area contributed by atoms with Gasteiger partial charge in [0.1, 0.15) is 16.2 Å². The Morgan fingerprint density at radius 1 is 1.38 bits per heavy atom. The van der Waals surface area contributed by atoms with Crippen LogP contribution in [0.4, 0.5) is 5.82 Å². The molecule has 3 nitrogen and oxygen atoms in total. The monoisotopic (exact) mass is 285 g/mol.